The zero-order valence-electron chi connectivity index (χ0n) is 21.9. The van der Waals surface area contributed by atoms with Crippen molar-refractivity contribution >= 4 is 45.4 Å². The normalized spacial score (nSPS) is 12.9. The lowest BCUT2D eigenvalue weighted by atomic mass is 9.97. The van der Waals surface area contributed by atoms with Gasteiger partial charge in [0.25, 0.3) is 11.5 Å². The molecule has 1 amide bonds. The van der Waals surface area contributed by atoms with E-state index in [1.807, 2.05) is 30.3 Å². The first kappa shape index (κ1) is 26.8. The number of aromatic nitrogens is 2. The van der Waals surface area contributed by atoms with E-state index in [0.29, 0.717) is 33.4 Å². The maximum Gasteiger partial charge on any atom is 0.267 e. The van der Waals surface area contributed by atoms with E-state index in [4.69, 9.17) is 19.2 Å². The van der Waals surface area contributed by atoms with Gasteiger partial charge in [-0.3, -0.25) is 14.2 Å². The van der Waals surface area contributed by atoms with E-state index in [1.165, 1.54) is 44.2 Å². The summed E-state index contributed by atoms with van der Waals surface area (Å²) in [6.07, 6.45) is 5.59. The van der Waals surface area contributed by atoms with Crippen molar-refractivity contribution in [2.75, 3.05) is 27.1 Å². The number of nitrogens with one attached hydrogen (secondary N) is 1. The first-order valence-electron chi connectivity index (χ1n) is 12.4. The average molecular weight is 565 g/mol. The van der Waals surface area contributed by atoms with Crippen molar-refractivity contribution in [3.63, 3.8) is 0 Å². The molecule has 0 bridgehead atoms. The van der Waals surface area contributed by atoms with E-state index in [9.17, 15) is 9.59 Å². The number of para-hydroxylation sites is 1. The molecule has 0 radical (unpaired) electrons. The number of ether oxygens (including phenoxy) is 3. The summed E-state index contributed by atoms with van der Waals surface area (Å²) < 4.78 is 17.7. The molecule has 1 N–H and O–H groups in total. The van der Waals surface area contributed by atoms with Gasteiger partial charge in [0.2, 0.25) is 5.75 Å². The fourth-order valence-electron chi connectivity index (χ4n) is 4.60. The maximum atomic E-state index is 13.8. The van der Waals surface area contributed by atoms with Crippen LogP contribution in [-0.4, -0.2) is 48.8 Å². The summed E-state index contributed by atoms with van der Waals surface area (Å²) >= 11 is 2.80. The summed E-state index contributed by atoms with van der Waals surface area (Å²) in [6, 6.07) is 12.9. The fraction of sp³-hybridized carbons (Fsp3) is 0.286. The van der Waals surface area contributed by atoms with E-state index < -0.39 is 0 Å². The molecule has 1 aliphatic carbocycles. The van der Waals surface area contributed by atoms with Gasteiger partial charge < -0.3 is 14.2 Å². The lowest BCUT2D eigenvalue weighted by Crippen LogP contribution is -2.24. The molecule has 202 valence electrons. The summed E-state index contributed by atoms with van der Waals surface area (Å²) in [5, 5.41) is 5.26. The number of hydrogen-bond donors (Lipinski definition) is 1. The Balaban J connectivity index is 1.37. The molecule has 2 heterocycles. The van der Waals surface area contributed by atoms with Crippen LogP contribution in [0.5, 0.6) is 17.2 Å². The van der Waals surface area contributed by atoms with Crippen molar-refractivity contribution in [2.24, 2.45) is 5.10 Å². The highest BCUT2D eigenvalue weighted by Crippen LogP contribution is 2.38. The first-order valence-corrected chi connectivity index (χ1v) is 14.2. The molecule has 0 saturated heterocycles. The van der Waals surface area contributed by atoms with Crippen molar-refractivity contribution in [3.8, 4) is 22.9 Å². The van der Waals surface area contributed by atoms with Gasteiger partial charge in [-0.05, 0) is 55.5 Å². The predicted octanol–water partition coefficient (Wildman–Crippen LogP) is 4.59. The van der Waals surface area contributed by atoms with Crippen molar-refractivity contribution in [1.29, 1.82) is 0 Å². The number of amides is 1. The van der Waals surface area contributed by atoms with Gasteiger partial charge in [-0.1, -0.05) is 30.0 Å². The minimum Gasteiger partial charge on any atom is -0.493 e. The van der Waals surface area contributed by atoms with Gasteiger partial charge in [-0.15, -0.1) is 11.3 Å². The molecule has 0 aliphatic heterocycles. The van der Waals surface area contributed by atoms with Gasteiger partial charge in [0, 0.05) is 10.4 Å². The molecule has 1 aliphatic rings. The number of hydrogen-bond acceptors (Lipinski definition) is 9. The Hall–Kier alpha value is -3.83. The average Bonchev–Trinajstić information content (AvgIpc) is 3.34. The molecule has 11 heteroatoms. The summed E-state index contributed by atoms with van der Waals surface area (Å²) in [5.41, 5.74) is 4.96. The third-order valence-corrected chi connectivity index (χ3v) is 8.52. The van der Waals surface area contributed by atoms with Crippen molar-refractivity contribution in [2.45, 2.75) is 30.8 Å². The Labute approximate surface area is 233 Å². The second kappa shape index (κ2) is 11.9. The Bertz CT molecular complexity index is 1570. The molecule has 9 nitrogen and oxygen atoms in total. The van der Waals surface area contributed by atoms with Crippen LogP contribution in [-0.2, 0) is 17.6 Å². The van der Waals surface area contributed by atoms with Crippen molar-refractivity contribution in [1.82, 2.24) is 15.0 Å². The van der Waals surface area contributed by atoms with Gasteiger partial charge in [-0.25, -0.2) is 10.4 Å². The van der Waals surface area contributed by atoms with Gasteiger partial charge >= 0.3 is 0 Å². The highest BCUT2D eigenvalue weighted by molar-refractivity contribution is 7.99. The monoisotopic (exact) mass is 564 g/mol. The number of rotatable bonds is 9. The van der Waals surface area contributed by atoms with Crippen LogP contribution >= 0.6 is 23.1 Å². The Kier molecular flexibility index (Phi) is 8.18. The minimum absolute atomic E-state index is 0.0302. The van der Waals surface area contributed by atoms with E-state index in [0.717, 1.165) is 41.8 Å². The number of thiophene rings is 1. The molecule has 2 aromatic heterocycles. The number of carbonyl (C=O) groups excluding carboxylic acids is 1. The molecule has 0 spiro atoms. The number of hydrazone groups is 1. The van der Waals surface area contributed by atoms with Gasteiger partial charge in [0.05, 0.1) is 44.4 Å². The largest absolute Gasteiger partial charge is 0.493 e. The minimum atomic E-state index is -0.330. The molecule has 0 saturated carbocycles. The molecule has 39 heavy (non-hydrogen) atoms. The zero-order valence-corrected chi connectivity index (χ0v) is 23.5. The number of fused-ring (bicyclic) bond motifs is 3. The molecule has 4 aromatic rings. The topological polar surface area (TPSA) is 104 Å². The highest BCUT2D eigenvalue weighted by Gasteiger charge is 2.23. The number of benzene rings is 2. The summed E-state index contributed by atoms with van der Waals surface area (Å²) in [4.78, 5) is 33.3. The van der Waals surface area contributed by atoms with Crippen LogP contribution in [0.25, 0.3) is 15.9 Å². The molecule has 0 fully saturated rings. The number of nitrogens with zero attached hydrogens (tertiary/aromatic N) is 3. The molecule has 2 aromatic carbocycles. The smallest absolute Gasteiger partial charge is 0.267 e. The molecule has 5 rings (SSSR count). The predicted molar refractivity (Wildman–Crippen MR) is 154 cm³/mol. The third-order valence-electron chi connectivity index (χ3n) is 6.39. The van der Waals surface area contributed by atoms with Crippen LogP contribution < -0.4 is 25.2 Å². The van der Waals surface area contributed by atoms with Crippen LogP contribution in [0.3, 0.4) is 0 Å². The molecular formula is C28H28N4O5S2. The fourth-order valence-corrected chi connectivity index (χ4v) is 6.71. The molecular weight excluding hydrogens is 536 g/mol. The maximum absolute atomic E-state index is 13.8. The van der Waals surface area contributed by atoms with Gasteiger partial charge in [0.1, 0.15) is 4.83 Å². The summed E-state index contributed by atoms with van der Waals surface area (Å²) in [7, 11) is 4.59. The second-order valence-electron chi connectivity index (χ2n) is 8.80. The Morgan fingerprint density at radius 3 is 2.51 bits per heavy atom. The Morgan fingerprint density at radius 2 is 1.82 bits per heavy atom. The van der Waals surface area contributed by atoms with Crippen LogP contribution in [0.1, 0.15) is 28.8 Å². The third kappa shape index (κ3) is 5.50. The molecule has 0 atom stereocenters. The second-order valence-corrected chi connectivity index (χ2v) is 10.8. The summed E-state index contributed by atoms with van der Waals surface area (Å²) in [5.74, 6) is 1.13. The van der Waals surface area contributed by atoms with E-state index in [-0.39, 0.29) is 17.2 Å². The van der Waals surface area contributed by atoms with E-state index in [1.54, 1.807) is 28.0 Å². The number of methoxy groups -OCH3 is 3. The van der Waals surface area contributed by atoms with Crippen LogP contribution in [0, 0.1) is 0 Å². The molecule has 0 unspecified atom stereocenters. The quantitative estimate of drug-likeness (QED) is 0.137. The summed E-state index contributed by atoms with van der Waals surface area (Å²) in [6.45, 7) is 0. The van der Waals surface area contributed by atoms with Crippen LogP contribution in [0.4, 0.5) is 0 Å². The van der Waals surface area contributed by atoms with Crippen molar-refractivity contribution < 1.29 is 19.0 Å². The van der Waals surface area contributed by atoms with E-state index in [2.05, 4.69) is 10.5 Å². The lowest BCUT2D eigenvalue weighted by molar-refractivity contribution is -0.118. The van der Waals surface area contributed by atoms with Crippen LogP contribution in [0.15, 0.2) is 57.5 Å². The SMILES string of the molecule is COc1cc(C=NNC(=O)CSc2nc3sc4c(c3c(=O)n2-c2ccccc2)CCCC4)cc(OC)c1OC. The zero-order chi connectivity index (χ0) is 27.4. The Morgan fingerprint density at radius 1 is 1.10 bits per heavy atom. The lowest BCUT2D eigenvalue weighted by Gasteiger charge is -2.13. The number of carbonyl (C=O) groups is 1. The van der Waals surface area contributed by atoms with E-state index >= 15 is 0 Å². The van der Waals surface area contributed by atoms with Gasteiger partial charge in [0.15, 0.2) is 16.7 Å². The highest BCUT2D eigenvalue weighted by atomic mass is 32.2. The standard InChI is InChI=1S/C28H28N4O5S2/c1-35-20-13-17(14-21(36-2)25(20)37-3)15-29-31-23(33)16-38-28-30-26-24(19-11-7-8-12-22(19)39-26)27(34)32(28)18-9-5-4-6-10-18/h4-6,9-10,13-15H,7-8,11-12,16H2,1-3H3,(H,31,33). The first-order chi connectivity index (χ1) is 19.0. The van der Waals surface area contributed by atoms with Gasteiger partial charge in [-0.2, -0.15) is 5.10 Å². The number of aryl methyl sites for hydroxylation is 2. The number of thioether (sulfide) groups is 1. The van der Waals surface area contributed by atoms with Crippen LogP contribution in [0.2, 0.25) is 0 Å². The van der Waals surface area contributed by atoms with Crippen molar-refractivity contribution in [3.05, 3.63) is 68.8 Å².